The first kappa shape index (κ1) is 57.2. The molecule has 2 bridgehead atoms. The molecular weight excluding hydrogens is 1010 g/mol. The minimum atomic E-state index is -1.86. The van der Waals surface area contributed by atoms with Crippen LogP contribution in [0.3, 0.4) is 0 Å². The number of aliphatic hydroxyl groups excluding tert-OH is 2. The van der Waals surface area contributed by atoms with E-state index in [-0.39, 0.29) is 69.4 Å². The van der Waals surface area contributed by atoms with Gasteiger partial charge in [0, 0.05) is 80.6 Å². The van der Waals surface area contributed by atoms with E-state index in [2.05, 4.69) is 6.92 Å². The van der Waals surface area contributed by atoms with Crippen molar-refractivity contribution < 1.29 is 88.3 Å². The zero-order valence-corrected chi connectivity index (χ0v) is 46.1. The fraction of sp³-hybridized carbons (Fsp3) is 0.925. The Morgan fingerprint density at radius 2 is 1.10 bits per heavy atom. The van der Waals surface area contributed by atoms with E-state index in [9.17, 15) is 30.0 Å². The van der Waals surface area contributed by atoms with Crippen molar-refractivity contribution in [3.8, 4) is 0 Å². The van der Waals surface area contributed by atoms with E-state index in [1.807, 2.05) is 13.8 Å². The van der Waals surface area contributed by atoms with Gasteiger partial charge in [0.2, 0.25) is 0 Å². The molecule has 0 aromatic heterocycles. The molecule has 0 amide bonds. The first-order chi connectivity index (χ1) is 29.6. The summed E-state index contributed by atoms with van der Waals surface area (Å²) in [5, 5.41) is 49.1. The molecule has 10 atom stereocenters. The van der Waals surface area contributed by atoms with E-state index >= 15 is 0 Å². The van der Waals surface area contributed by atoms with Crippen LogP contribution in [0.25, 0.3) is 0 Å². The standard InChI is InChI=1S/C53H94O9.Ac/c1-8-9-10-11-12-13-14-15-16-17-18-19-20-21-22-23-24-25-26-27-28-29-30-31-32-33-34-35-44(56)62-46-45-40(3)42(55)37-53(59,50(45,5)6)49(61-41(4)54)47-51(7,48(46)57)39(2)36-43-52(47,58)38-60-43;/h39,42-43,46-49,55,57-59H,8-38H2,1-7H3;/t39-,42-,43+,46+,47-,48+,49-,51+,52-,53+;/m0./s1. The second kappa shape index (κ2) is 27.8. The summed E-state index contributed by atoms with van der Waals surface area (Å²) in [5.74, 6) is -2.30. The van der Waals surface area contributed by atoms with Crippen molar-refractivity contribution in [3.63, 3.8) is 0 Å². The van der Waals surface area contributed by atoms with Crippen molar-refractivity contribution >= 4 is 11.9 Å². The SMILES string of the molecule is CCCCCCCCCCCCCCCCCCCCCCCCCCCCCC(=O)O[C@@H]1C2=C(C)[C@@H](O)C[C@@](O)([C@@H](OC(C)=O)[C@@H]3[C@]4(O)CO[C@@H]4C[C@H](C)[C@@]3(C)[C@@H]1O)C2(C)C.[Ac]. The number of hydrogen-bond donors (Lipinski definition) is 4. The van der Waals surface area contributed by atoms with Gasteiger partial charge in [0.05, 0.1) is 18.8 Å². The van der Waals surface area contributed by atoms with E-state index in [1.165, 1.54) is 155 Å². The van der Waals surface area contributed by atoms with Crippen molar-refractivity contribution in [2.24, 2.45) is 22.7 Å². The molecule has 0 spiro atoms. The first-order valence-corrected chi connectivity index (χ1v) is 26.1. The first-order valence-electron chi connectivity index (χ1n) is 26.1. The van der Waals surface area contributed by atoms with Crippen molar-refractivity contribution in [2.75, 3.05) is 6.61 Å². The fourth-order valence-electron chi connectivity index (χ4n) is 12.3. The molecule has 4 rings (SSSR count). The van der Waals surface area contributed by atoms with E-state index in [4.69, 9.17) is 14.2 Å². The number of ether oxygens (including phenoxy) is 3. The maximum Gasteiger partial charge on any atom is 0.306 e. The van der Waals surface area contributed by atoms with Crippen molar-refractivity contribution in [1.29, 1.82) is 0 Å². The van der Waals surface area contributed by atoms with Gasteiger partial charge in [-0.1, -0.05) is 202 Å². The van der Waals surface area contributed by atoms with Gasteiger partial charge in [-0.3, -0.25) is 9.59 Å². The molecule has 0 aromatic rings. The van der Waals surface area contributed by atoms with Crippen LogP contribution in [0.5, 0.6) is 0 Å². The molecular formula is C53H94AcO9. The smallest absolute Gasteiger partial charge is 0.306 e. The molecule has 2 saturated carbocycles. The number of unbranched alkanes of at least 4 members (excludes halogenated alkanes) is 26. The topological polar surface area (TPSA) is 143 Å². The predicted octanol–water partition coefficient (Wildman–Crippen LogP) is 11.8. The van der Waals surface area contributed by atoms with Gasteiger partial charge in [0.15, 0.2) is 6.10 Å². The molecule has 1 aliphatic heterocycles. The summed E-state index contributed by atoms with van der Waals surface area (Å²) in [6, 6.07) is 0. The molecule has 63 heavy (non-hydrogen) atoms. The van der Waals surface area contributed by atoms with Crippen molar-refractivity contribution in [3.05, 3.63) is 11.1 Å². The number of aliphatic hydroxyl groups is 4. The number of rotatable bonds is 30. The minimum Gasteiger partial charge on any atom is -0.459 e. The zero-order valence-electron chi connectivity index (χ0n) is 41.4. The molecule has 0 aromatic carbocycles. The largest absolute Gasteiger partial charge is 0.459 e. The predicted molar refractivity (Wildman–Crippen MR) is 249 cm³/mol. The third-order valence-electron chi connectivity index (χ3n) is 16.6. The Kier molecular flexibility index (Phi) is 25.3. The average molecular weight is 1100 g/mol. The Morgan fingerprint density at radius 3 is 1.48 bits per heavy atom. The summed E-state index contributed by atoms with van der Waals surface area (Å²) in [5.41, 5.74) is -4.77. The second-order valence-corrected chi connectivity index (χ2v) is 21.5. The number of fused-ring (bicyclic) bond motifs is 5. The Balaban J connectivity index is 0.0000106. The summed E-state index contributed by atoms with van der Waals surface area (Å²) in [6.45, 7) is 12.7. The fourth-order valence-corrected chi connectivity index (χ4v) is 12.3. The van der Waals surface area contributed by atoms with Gasteiger partial charge in [-0.25, -0.2) is 0 Å². The third-order valence-corrected chi connectivity index (χ3v) is 16.6. The molecule has 1 heterocycles. The maximum atomic E-state index is 13.7. The van der Waals surface area contributed by atoms with Gasteiger partial charge >= 0.3 is 11.9 Å². The Labute approximate surface area is 420 Å². The molecule has 363 valence electrons. The molecule has 4 aliphatic rings. The van der Waals surface area contributed by atoms with Gasteiger partial charge < -0.3 is 34.6 Å². The maximum absolute atomic E-state index is 13.7. The van der Waals surface area contributed by atoms with Crippen LogP contribution < -0.4 is 0 Å². The molecule has 0 unspecified atom stereocenters. The normalized spacial score (nSPS) is 32.1. The molecule has 9 nitrogen and oxygen atoms in total. The van der Waals surface area contributed by atoms with Gasteiger partial charge in [-0.2, -0.15) is 0 Å². The summed E-state index contributed by atoms with van der Waals surface area (Å²) < 4.78 is 18.1. The molecule has 1 radical (unpaired) electrons. The number of esters is 2. The van der Waals surface area contributed by atoms with Crippen molar-refractivity contribution in [2.45, 2.75) is 283 Å². The van der Waals surface area contributed by atoms with Crippen LogP contribution in [-0.2, 0) is 23.8 Å². The molecule has 3 fully saturated rings. The van der Waals surface area contributed by atoms with Crippen molar-refractivity contribution in [1.82, 2.24) is 0 Å². The number of hydrogen-bond acceptors (Lipinski definition) is 9. The summed E-state index contributed by atoms with van der Waals surface area (Å²) in [4.78, 5) is 26.4. The van der Waals surface area contributed by atoms with Crippen LogP contribution in [0.2, 0.25) is 0 Å². The van der Waals surface area contributed by atoms with Crippen LogP contribution in [0.1, 0.15) is 241 Å². The van der Waals surface area contributed by atoms with E-state index in [1.54, 1.807) is 20.8 Å². The minimum absolute atomic E-state index is 0. The van der Waals surface area contributed by atoms with E-state index < -0.39 is 70.4 Å². The van der Waals surface area contributed by atoms with Gasteiger partial charge in [-0.05, 0) is 36.8 Å². The number of carbonyl (C=O) groups is 2. The monoisotopic (exact) mass is 1100 g/mol. The summed E-state index contributed by atoms with van der Waals surface area (Å²) in [7, 11) is 0. The van der Waals surface area contributed by atoms with Crippen LogP contribution in [0.4, 0.5) is 0 Å². The quantitative estimate of drug-likeness (QED) is 0.0314. The Bertz CT molecular complexity index is 1390. The van der Waals surface area contributed by atoms with Gasteiger partial charge in [0.1, 0.15) is 23.4 Å². The van der Waals surface area contributed by atoms with Crippen LogP contribution in [0, 0.1) is 66.7 Å². The zero-order chi connectivity index (χ0) is 45.4. The molecule has 4 N–H and O–H groups in total. The third kappa shape index (κ3) is 14.7. The second-order valence-electron chi connectivity index (χ2n) is 21.5. The molecule has 10 heteroatoms. The van der Waals surface area contributed by atoms with Crippen LogP contribution in [0.15, 0.2) is 11.1 Å². The average Bonchev–Trinajstić information content (AvgIpc) is 3.22. The molecule has 1 saturated heterocycles. The number of carbonyl (C=O) groups excluding carboxylic acids is 2. The summed E-state index contributed by atoms with van der Waals surface area (Å²) >= 11 is 0. The summed E-state index contributed by atoms with van der Waals surface area (Å²) in [6.07, 6.45) is 30.8. The Morgan fingerprint density at radius 1 is 0.683 bits per heavy atom. The molecule has 3 aliphatic carbocycles. The van der Waals surface area contributed by atoms with Crippen LogP contribution >= 0.6 is 0 Å². The van der Waals surface area contributed by atoms with Crippen LogP contribution in [-0.4, -0.2) is 80.7 Å². The van der Waals surface area contributed by atoms with E-state index in [0.29, 0.717) is 24.0 Å². The van der Waals surface area contributed by atoms with Gasteiger partial charge in [0.25, 0.3) is 0 Å². The van der Waals surface area contributed by atoms with E-state index in [0.717, 1.165) is 19.3 Å². The Hall–Kier alpha value is -0.0784. The van der Waals surface area contributed by atoms with Gasteiger partial charge in [-0.15, -0.1) is 0 Å².